The van der Waals surface area contributed by atoms with Gasteiger partial charge in [0.1, 0.15) is 0 Å². The van der Waals surface area contributed by atoms with Crippen molar-refractivity contribution in [2.75, 3.05) is 12.8 Å². The highest BCUT2D eigenvalue weighted by atomic mass is 16.5. The fourth-order valence-electron chi connectivity index (χ4n) is 1.70. The molecule has 14 heavy (non-hydrogen) atoms. The fraction of sp³-hybridized carbons (Fsp3) is 0.556. The topological polar surface area (TPSA) is 73.1 Å². The van der Waals surface area contributed by atoms with E-state index in [9.17, 15) is 0 Å². The first-order chi connectivity index (χ1) is 6.70. The number of hydrogen-bond acceptors (Lipinski definition) is 5. The van der Waals surface area contributed by atoms with Gasteiger partial charge in [0, 0.05) is 18.2 Å². The molecule has 0 saturated carbocycles. The Morgan fingerprint density at radius 2 is 2.29 bits per heavy atom. The Kier molecular flexibility index (Phi) is 2.25. The number of fused-ring (bicyclic) bond motifs is 1. The standard InChI is InChI=1S/C9H14N4O/c1-5-3-6-7(4-11-5)12-9(10)13-8(6)14-2/h5,11H,3-4H2,1-2H3,(H2,10,12,13). The van der Waals surface area contributed by atoms with Crippen LogP contribution >= 0.6 is 0 Å². The van der Waals surface area contributed by atoms with Crippen molar-refractivity contribution in [3.63, 3.8) is 0 Å². The van der Waals surface area contributed by atoms with E-state index in [0.717, 1.165) is 24.2 Å². The lowest BCUT2D eigenvalue weighted by Gasteiger charge is -2.23. The molecule has 0 fully saturated rings. The van der Waals surface area contributed by atoms with E-state index < -0.39 is 0 Å². The molecular formula is C9H14N4O. The summed E-state index contributed by atoms with van der Waals surface area (Å²) in [7, 11) is 1.61. The third-order valence-electron chi connectivity index (χ3n) is 2.39. The number of nitrogens with one attached hydrogen (secondary N) is 1. The molecule has 1 aliphatic rings. The SMILES string of the molecule is COc1nc(N)nc2c1CC(C)NC2. The largest absolute Gasteiger partial charge is 0.481 e. The van der Waals surface area contributed by atoms with Crippen LogP contribution in [0.25, 0.3) is 0 Å². The quantitative estimate of drug-likeness (QED) is 0.663. The Labute approximate surface area is 82.7 Å². The Balaban J connectivity index is 2.47. The molecule has 5 heteroatoms. The van der Waals surface area contributed by atoms with Crippen LogP contribution in [0.15, 0.2) is 0 Å². The third-order valence-corrected chi connectivity index (χ3v) is 2.39. The number of ether oxygens (including phenoxy) is 1. The molecule has 0 saturated heterocycles. The number of nitrogen functional groups attached to an aromatic ring is 1. The van der Waals surface area contributed by atoms with E-state index in [2.05, 4.69) is 22.2 Å². The minimum atomic E-state index is 0.275. The number of anilines is 1. The van der Waals surface area contributed by atoms with Crippen molar-refractivity contribution < 1.29 is 4.74 Å². The Hall–Kier alpha value is -1.36. The molecule has 1 aliphatic heterocycles. The number of hydrogen-bond donors (Lipinski definition) is 2. The second-order valence-electron chi connectivity index (χ2n) is 3.50. The molecule has 1 aromatic heterocycles. The molecule has 0 spiro atoms. The maximum absolute atomic E-state index is 5.56. The molecule has 3 N–H and O–H groups in total. The highest BCUT2D eigenvalue weighted by molar-refractivity contribution is 5.38. The van der Waals surface area contributed by atoms with Crippen molar-refractivity contribution in [3.8, 4) is 5.88 Å². The van der Waals surface area contributed by atoms with Crippen molar-refractivity contribution in [1.82, 2.24) is 15.3 Å². The number of methoxy groups -OCH3 is 1. The van der Waals surface area contributed by atoms with Crippen LogP contribution < -0.4 is 15.8 Å². The minimum Gasteiger partial charge on any atom is -0.481 e. The van der Waals surface area contributed by atoms with E-state index in [4.69, 9.17) is 10.5 Å². The van der Waals surface area contributed by atoms with Gasteiger partial charge in [-0.05, 0) is 13.3 Å². The van der Waals surface area contributed by atoms with Crippen LogP contribution in [0.1, 0.15) is 18.2 Å². The molecule has 1 unspecified atom stereocenters. The lowest BCUT2D eigenvalue weighted by Crippen LogP contribution is -2.34. The predicted octanol–water partition coefficient (Wildman–Crippen LogP) is 0.102. The maximum atomic E-state index is 5.56. The van der Waals surface area contributed by atoms with Crippen LogP contribution in [-0.2, 0) is 13.0 Å². The molecule has 1 atom stereocenters. The normalized spacial score (nSPS) is 20.3. The summed E-state index contributed by atoms with van der Waals surface area (Å²) < 4.78 is 5.18. The number of nitrogens with two attached hydrogens (primary N) is 1. The van der Waals surface area contributed by atoms with Crippen molar-refractivity contribution >= 4 is 5.95 Å². The van der Waals surface area contributed by atoms with Gasteiger partial charge in [-0.1, -0.05) is 0 Å². The second kappa shape index (κ2) is 3.42. The zero-order chi connectivity index (χ0) is 10.1. The van der Waals surface area contributed by atoms with E-state index in [0.29, 0.717) is 11.9 Å². The van der Waals surface area contributed by atoms with Gasteiger partial charge in [-0.3, -0.25) is 0 Å². The molecule has 0 amide bonds. The number of rotatable bonds is 1. The molecule has 2 rings (SSSR count). The molecule has 0 aromatic carbocycles. The second-order valence-corrected chi connectivity index (χ2v) is 3.50. The number of aromatic nitrogens is 2. The average Bonchev–Trinajstić information content (AvgIpc) is 2.17. The van der Waals surface area contributed by atoms with Crippen LogP contribution in [0.2, 0.25) is 0 Å². The zero-order valence-corrected chi connectivity index (χ0v) is 8.37. The van der Waals surface area contributed by atoms with E-state index in [1.165, 1.54) is 0 Å². The summed E-state index contributed by atoms with van der Waals surface area (Å²) in [6.07, 6.45) is 0.888. The van der Waals surface area contributed by atoms with Crippen LogP contribution in [0.4, 0.5) is 5.95 Å². The Bertz CT molecular complexity index is 336. The minimum absolute atomic E-state index is 0.275. The third kappa shape index (κ3) is 1.50. The summed E-state index contributed by atoms with van der Waals surface area (Å²) in [6.45, 7) is 2.86. The lowest BCUT2D eigenvalue weighted by molar-refractivity contribution is 0.381. The highest BCUT2D eigenvalue weighted by Gasteiger charge is 2.21. The van der Waals surface area contributed by atoms with Crippen LogP contribution in [0, 0.1) is 0 Å². The van der Waals surface area contributed by atoms with Gasteiger partial charge < -0.3 is 15.8 Å². The van der Waals surface area contributed by atoms with Gasteiger partial charge in [-0.15, -0.1) is 0 Å². The lowest BCUT2D eigenvalue weighted by atomic mass is 10.0. The van der Waals surface area contributed by atoms with E-state index in [1.807, 2.05) is 0 Å². The molecule has 0 bridgehead atoms. The van der Waals surface area contributed by atoms with Gasteiger partial charge >= 0.3 is 0 Å². The van der Waals surface area contributed by atoms with Gasteiger partial charge in [0.05, 0.1) is 12.8 Å². The van der Waals surface area contributed by atoms with Crippen LogP contribution in [-0.4, -0.2) is 23.1 Å². The molecule has 76 valence electrons. The summed E-state index contributed by atoms with van der Waals surface area (Å²) in [5.41, 5.74) is 7.59. The summed E-state index contributed by atoms with van der Waals surface area (Å²) in [5, 5.41) is 3.32. The molecule has 2 heterocycles. The maximum Gasteiger partial charge on any atom is 0.223 e. The van der Waals surface area contributed by atoms with Crippen molar-refractivity contribution in [1.29, 1.82) is 0 Å². The monoisotopic (exact) mass is 194 g/mol. The van der Waals surface area contributed by atoms with Gasteiger partial charge in [-0.25, -0.2) is 4.98 Å². The summed E-state index contributed by atoms with van der Waals surface area (Å²) in [6, 6.07) is 0.434. The van der Waals surface area contributed by atoms with Crippen molar-refractivity contribution in [3.05, 3.63) is 11.3 Å². The van der Waals surface area contributed by atoms with Crippen LogP contribution in [0.5, 0.6) is 5.88 Å². The van der Waals surface area contributed by atoms with Gasteiger partial charge in [0.2, 0.25) is 11.8 Å². The summed E-state index contributed by atoms with van der Waals surface area (Å²) in [4.78, 5) is 8.24. The first kappa shape index (κ1) is 9.21. The molecule has 5 nitrogen and oxygen atoms in total. The first-order valence-corrected chi connectivity index (χ1v) is 4.63. The van der Waals surface area contributed by atoms with Crippen LogP contribution in [0.3, 0.4) is 0 Å². The predicted molar refractivity (Wildman–Crippen MR) is 53.0 cm³/mol. The van der Waals surface area contributed by atoms with Crippen molar-refractivity contribution in [2.45, 2.75) is 25.9 Å². The fourth-order valence-corrected chi connectivity index (χ4v) is 1.70. The molecule has 0 aliphatic carbocycles. The van der Waals surface area contributed by atoms with E-state index >= 15 is 0 Å². The smallest absolute Gasteiger partial charge is 0.223 e. The van der Waals surface area contributed by atoms with E-state index in [-0.39, 0.29) is 5.95 Å². The molecular weight excluding hydrogens is 180 g/mol. The van der Waals surface area contributed by atoms with Gasteiger partial charge in [0.15, 0.2) is 0 Å². The van der Waals surface area contributed by atoms with E-state index in [1.54, 1.807) is 7.11 Å². The van der Waals surface area contributed by atoms with Crippen molar-refractivity contribution in [2.24, 2.45) is 0 Å². The Morgan fingerprint density at radius 3 is 3.00 bits per heavy atom. The van der Waals surface area contributed by atoms with Gasteiger partial charge in [-0.2, -0.15) is 4.98 Å². The molecule has 1 aromatic rings. The summed E-state index contributed by atoms with van der Waals surface area (Å²) >= 11 is 0. The average molecular weight is 194 g/mol. The first-order valence-electron chi connectivity index (χ1n) is 4.63. The summed E-state index contributed by atoms with van der Waals surface area (Å²) in [5.74, 6) is 0.887. The molecule has 0 radical (unpaired) electrons. The number of nitrogens with zero attached hydrogens (tertiary/aromatic N) is 2. The van der Waals surface area contributed by atoms with Gasteiger partial charge in [0.25, 0.3) is 0 Å². The highest BCUT2D eigenvalue weighted by Crippen LogP contribution is 2.24. The Morgan fingerprint density at radius 1 is 1.50 bits per heavy atom. The zero-order valence-electron chi connectivity index (χ0n) is 8.37.